The zero-order valence-corrected chi connectivity index (χ0v) is 22.1. The summed E-state index contributed by atoms with van der Waals surface area (Å²) in [6.07, 6.45) is 27.6. The first-order chi connectivity index (χ1) is 16.3. The van der Waals surface area contributed by atoms with E-state index in [4.69, 9.17) is 4.98 Å². The van der Waals surface area contributed by atoms with Crippen LogP contribution in [0.15, 0.2) is 36.7 Å². The third-order valence-electron chi connectivity index (χ3n) is 6.80. The molecule has 0 aliphatic carbocycles. The van der Waals surface area contributed by atoms with Crippen LogP contribution in [0.4, 0.5) is 0 Å². The Morgan fingerprint density at radius 2 is 1.18 bits per heavy atom. The van der Waals surface area contributed by atoms with Crippen molar-refractivity contribution in [3.8, 4) is 11.3 Å². The lowest BCUT2D eigenvalue weighted by Crippen LogP contribution is -1.87. The minimum Gasteiger partial charge on any atom is -0.297 e. The highest BCUT2D eigenvalue weighted by Gasteiger charge is 2.08. The molecule has 2 nitrogen and oxygen atoms in total. The fraction of sp³-hybridized carbons (Fsp3) is 0.633. The molecule has 0 saturated heterocycles. The van der Waals surface area contributed by atoms with Crippen LogP contribution in [-0.2, 0) is 12.8 Å². The van der Waals surface area contributed by atoms with Gasteiger partial charge in [-0.05, 0) is 31.2 Å². The van der Waals surface area contributed by atoms with E-state index in [1.807, 2.05) is 11.3 Å². The molecule has 0 unspecified atom stereocenters. The van der Waals surface area contributed by atoms with E-state index in [0.29, 0.717) is 0 Å². The number of hydrogen-bond donors (Lipinski definition) is 0. The van der Waals surface area contributed by atoms with Gasteiger partial charge in [0, 0.05) is 22.8 Å². The molecule has 182 valence electrons. The first kappa shape index (κ1) is 26.0. The summed E-state index contributed by atoms with van der Waals surface area (Å²) in [6.45, 7) is 4.57. The van der Waals surface area contributed by atoms with Crippen LogP contribution in [0.2, 0.25) is 0 Å². The summed E-state index contributed by atoms with van der Waals surface area (Å²) < 4.78 is 2.23. The second kappa shape index (κ2) is 15.3. The quantitative estimate of drug-likeness (QED) is 0.170. The molecule has 0 amide bonds. The highest BCUT2D eigenvalue weighted by atomic mass is 32.1. The SMILES string of the molecule is CCCCCCCCCCc1cn2cc(-c3ccc(CCCCCCCCC)cc3)nc2s1. The number of hydrogen-bond acceptors (Lipinski definition) is 2. The Balaban J connectivity index is 1.37. The van der Waals surface area contributed by atoms with Crippen molar-refractivity contribution in [1.29, 1.82) is 0 Å². The Morgan fingerprint density at radius 1 is 0.636 bits per heavy atom. The minimum absolute atomic E-state index is 1.10. The fourth-order valence-corrected chi connectivity index (χ4v) is 5.66. The number of imidazole rings is 1. The maximum atomic E-state index is 4.91. The third-order valence-corrected chi connectivity index (χ3v) is 7.86. The highest BCUT2D eigenvalue weighted by Crippen LogP contribution is 2.26. The molecule has 2 aromatic heterocycles. The van der Waals surface area contributed by atoms with Crippen LogP contribution in [0.3, 0.4) is 0 Å². The lowest BCUT2D eigenvalue weighted by atomic mass is 10.0. The zero-order chi connectivity index (χ0) is 23.1. The largest absolute Gasteiger partial charge is 0.297 e. The van der Waals surface area contributed by atoms with Gasteiger partial charge in [-0.2, -0.15) is 0 Å². The summed E-state index contributed by atoms with van der Waals surface area (Å²) in [4.78, 5) is 7.52. The van der Waals surface area contributed by atoms with Crippen molar-refractivity contribution >= 4 is 16.3 Å². The molecule has 0 N–H and O–H groups in total. The van der Waals surface area contributed by atoms with Crippen molar-refractivity contribution in [1.82, 2.24) is 9.38 Å². The van der Waals surface area contributed by atoms with Crippen molar-refractivity contribution in [3.63, 3.8) is 0 Å². The van der Waals surface area contributed by atoms with Crippen LogP contribution < -0.4 is 0 Å². The molecule has 33 heavy (non-hydrogen) atoms. The van der Waals surface area contributed by atoms with E-state index in [2.05, 4.69) is 54.9 Å². The number of rotatable bonds is 18. The van der Waals surface area contributed by atoms with Gasteiger partial charge in [0.1, 0.15) is 0 Å². The first-order valence-electron chi connectivity index (χ1n) is 13.9. The molecule has 0 saturated carbocycles. The van der Waals surface area contributed by atoms with E-state index >= 15 is 0 Å². The van der Waals surface area contributed by atoms with Gasteiger partial charge in [0.15, 0.2) is 4.96 Å². The van der Waals surface area contributed by atoms with E-state index in [-0.39, 0.29) is 0 Å². The summed E-state index contributed by atoms with van der Waals surface area (Å²) in [6, 6.07) is 9.11. The monoisotopic (exact) mass is 466 g/mol. The van der Waals surface area contributed by atoms with Crippen molar-refractivity contribution < 1.29 is 0 Å². The first-order valence-corrected chi connectivity index (χ1v) is 14.7. The number of aromatic nitrogens is 2. The number of aryl methyl sites for hydroxylation is 2. The maximum Gasteiger partial charge on any atom is 0.194 e. The normalized spacial score (nSPS) is 11.6. The van der Waals surface area contributed by atoms with Crippen molar-refractivity contribution in [2.75, 3.05) is 0 Å². The van der Waals surface area contributed by atoms with Gasteiger partial charge < -0.3 is 0 Å². The van der Waals surface area contributed by atoms with Crippen molar-refractivity contribution in [2.45, 2.75) is 123 Å². The number of fused-ring (bicyclic) bond motifs is 1. The second-order valence-corrected chi connectivity index (χ2v) is 10.9. The van der Waals surface area contributed by atoms with E-state index in [1.165, 1.54) is 125 Å². The maximum absolute atomic E-state index is 4.91. The Labute approximate surface area is 206 Å². The molecular formula is C30H46N2S. The average molecular weight is 467 g/mol. The second-order valence-electron chi connectivity index (χ2n) is 9.81. The van der Waals surface area contributed by atoms with Gasteiger partial charge in [-0.15, -0.1) is 11.3 Å². The predicted octanol–water partition coefficient (Wildman–Crippen LogP) is 10.0. The fourth-order valence-electron chi connectivity index (χ4n) is 4.66. The van der Waals surface area contributed by atoms with Gasteiger partial charge in [-0.25, -0.2) is 4.98 Å². The molecule has 0 aliphatic heterocycles. The highest BCUT2D eigenvalue weighted by molar-refractivity contribution is 7.17. The molecule has 0 atom stereocenters. The molecule has 0 aliphatic rings. The van der Waals surface area contributed by atoms with Gasteiger partial charge in [-0.1, -0.05) is 122 Å². The Kier molecular flexibility index (Phi) is 12.1. The lowest BCUT2D eigenvalue weighted by Gasteiger charge is -2.04. The summed E-state index contributed by atoms with van der Waals surface area (Å²) in [5.41, 5.74) is 3.79. The standard InChI is InChI=1S/C30H46N2S/c1-3-5-7-9-11-13-15-17-19-28-24-32-25-29(31-30(32)33-28)27-22-20-26(21-23-27)18-16-14-12-10-8-6-4-2/h20-25H,3-19H2,1-2H3. The van der Waals surface area contributed by atoms with Gasteiger partial charge in [0.05, 0.1) is 5.69 Å². The third kappa shape index (κ3) is 9.27. The van der Waals surface area contributed by atoms with Crippen LogP contribution in [0.5, 0.6) is 0 Å². The molecule has 0 radical (unpaired) electrons. The number of nitrogens with zero attached hydrogens (tertiary/aromatic N) is 2. The van der Waals surface area contributed by atoms with E-state index in [0.717, 1.165) is 10.7 Å². The molecule has 3 aromatic rings. The van der Waals surface area contributed by atoms with Crippen LogP contribution in [-0.4, -0.2) is 9.38 Å². The number of benzene rings is 1. The van der Waals surface area contributed by atoms with E-state index < -0.39 is 0 Å². The molecule has 1 aromatic carbocycles. The van der Waals surface area contributed by atoms with Gasteiger partial charge in [-0.3, -0.25) is 4.40 Å². The summed E-state index contributed by atoms with van der Waals surface area (Å²) in [5.74, 6) is 0. The van der Waals surface area contributed by atoms with Crippen LogP contribution in [0.1, 0.15) is 121 Å². The number of unbranched alkanes of at least 4 members (excludes halogenated alkanes) is 13. The molecule has 0 bridgehead atoms. The molecule has 3 heteroatoms. The van der Waals surface area contributed by atoms with Crippen LogP contribution in [0.25, 0.3) is 16.2 Å². The number of thiazole rings is 1. The van der Waals surface area contributed by atoms with Crippen LogP contribution in [0, 0.1) is 0 Å². The summed E-state index contributed by atoms with van der Waals surface area (Å²) in [7, 11) is 0. The smallest absolute Gasteiger partial charge is 0.194 e. The van der Waals surface area contributed by atoms with Gasteiger partial charge in [0.25, 0.3) is 0 Å². The molecule has 2 heterocycles. The predicted molar refractivity (Wildman–Crippen MR) is 147 cm³/mol. The van der Waals surface area contributed by atoms with Gasteiger partial charge in [0.2, 0.25) is 0 Å². The Hall–Kier alpha value is -1.61. The Bertz CT molecular complexity index is 858. The van der Waals surface area contributed by atoms with Crippen LogP contribution >= 0.6 is 11.3 Å². The van der Waals surface area contributed by atoms with E-state index in [1.54, 1.807) is 0 Å². The molecule has 3 rings (SSSR count). The molecule has 0 spiro atoms. The van der Waals surface area contributed by atoms with E-state index in [9.17, 15) is 0 Å². The van der Waals surface area contributed by atoms with Crippen molar-refractivity contribution in [2.24, 2.45) is 0 Å². The topological polar surface area (TPSA) is 17.3 Å². The zero-order valence-electron chi connectivity index (χ0n) is 21.3. The molecule has 0 fully saturated rings. The summed E-state index contributed by atoms with van der Waals surface area (Å²) in [5, 5.41) is 0. The summed E-state index contributed by atoms with van der Waals surface area (Å²) >= 11 is 1.86. The average Bonchev–Trinajstić information content (AvgIpc) is 3.40. The minimum atomic E-state index is 1.10. The Morgan fingerprint density at radius 3 is 1.76 bits per heavy atom. The lowest BCUT2D eigenvalue weighted by molar-refractivity contribution is 0.576. The van der Waals surface area contributed by atoms with Crippen molar-refractivity contribution in [3.05, 3.63) is 47.1 Å². The molecular weight excluding hydrogens is 420 g/mol. The van der Waals surface area contributed by atoms with Gasteiger partial charge >= 0.3 is 0 Å².